The van der Waals surface area contributed by atoms with E-state index in [0.29, 0.717) is 46.3 Å². The van der Waals surface area contributed by atoms with E-state index in [1.54, 1.807) is 12.1 Å². The highest BCUT2D eigenvalue weighted by atomic mass is 35.5. The summed E-state index contributed by atoms with van der Waals surface area (Å²) in [5.74, 6) is 3.11. The average molecular weight is 1010 g/mol. The van der Waals surface area contributed by atoms with Crippen LogP contribution in [0.2, 0.25) is 5.15 Å². The Kier molecular flexibility index (Phi) is 13.9. The summed E-state index contributed by atoms with van der Waals surface area (Å²) in [5.41, 5.74) is 4.64. The minimum Gasteiger partial charge on any atom is -0.378 e. The minimum absolute atomic E-state index is 0.122. The second-order valence-corrected chi connectivity index (χ2v) is 21.0. The van der Waals surface area contributed by atoms with Crippen LogP contribution in [0.25, 0.3) is 43.9 Å². The lowest BCUT2D eigenvalue weighted by Gasteiger charge is -2.44. The molecule has 4 N–H and O–H groups in total. The van der Waals surface area contributed by atoms with Crippen LogP contribution in [0.3, 0.4) is 0 Å². The largest absolute Gasteiger partial charge is 0.378 e. The monoisotopic (exact) mass is 1010 g/mol. The van der Waals surface area contributed by atoms with Crippen LogP contribution in [0.5, 0.6) is 0 Å². The zero-order chi connectivity index (χ0) is 49.0. The molecule has 19 nitrogen and oxygen atoms in total. The average Bonchev–Trinajstić information content (AvgIpc) is 4.28. The van der Waals surface area contributed by atoms with Gasteiger partial charge in [0.2, 0.25) is 11.9 Å². The predicted molar refractivity (Wildman–Crippen MR) is 284 cm³/mol. The van der Waals surface area contributed by atoms with Crippen LogP contribution in [0.4, 0.5) is 29.4 Å². The number of pyridine rings is 2. The highest BCUT2D eigenvalue weighted by Crippen LogP contribution is 2.39. The Balaban J connectivity index is 0.000000127. The molecule has 14 rings (SSSR count). The SMILES string of the molecule is C1CCC2(CC1)COCCN2.Clc1ccc(Nc2ncc3c4ccncc4n(C4CCCC4)c3n2)nn1.c1cc2c3cnc(Nc4ccc(N5CCC6(CC5)COCCN6)nn4)nc3n(C3CCCC3)c2cn1. The quantitative estimate of drug-likeness (QED) is 0.117. The highest BCUT2D eigenvalue weighted by Gasteiger charge is 2.37. The molecule has 8 aromatic heterocycles. The fourth-order valence-corrected chi connectivity index (χ4v) is 12.2. The van der Waals surface area contributed by atoms with Crippen molar-refractivity contribution in [1.29, 1.82) is 0 Å². The molecule has 0 radical (unpaired) electrons. The van der Waals surface area contributed by atoms with E-state index in [0.717, 1.165) is 115 Å². The Labute approximate surface area is 429 Å². The first-order valence-electron chi connectivity index (χ1n) is 26.5. The van der Waals surface area contributed by atoms with Gasteiger partial charge in [0.1, 0.15) is 11.3 Å². The van der Waals surface area contributed by atoms with Crippen molar-refractivity contribution in [3.05, 3.63) is 78.7 Å². The number of anilines is 5. The molecule has 8 aromatic rings. The van der Waals surface area contributed by atoms with E-state index < -0.39 is 0 Å². The number of hydrogen-bond acceptors (Lipinski definition) is 17. The van der Waals surface area contributed by atoms with Crippen molar-refractivity contribution in [3.63, 3.8) is 0 Å². The highest BCUT2D eigenvalue weighted by molar-refractivity contribution is 6.29. The molecule has 6 fully saturated rings. The number of halogens is 1. The molecule has 20 heteroatoms. The Morgan fingerprint density at radius 3 is 1.55 bits per heavy atom. The summed E-state index contributed by atoms with van der Waals surface area (Å²) in [5, 5.41) is 35.2. The van der Waals surface area contributed by atoms with Crippen LogP contribution in [-0.4, -0.2) is 123 Å². The van der Waals surface area contributed by atoms with Crippen molar-refractivity contribution in [2.24, 2.45) is 0 Å². The molecule has 0 unspecified atom stereocenters. The number of nitrogens with zero attached hydrogens (tertiary/aromatic N) is 13. The number of ether oxygens (including phenoxy) is 2. The van der Waals surface area contributed by atoms with E-state index in [1.165, 1.54) is 83.5 Å². The number of morpholine rings is 2. The van der Waals surface area contributed by atoms with Gasteiger partial charge in [-0.15, -0.1) is 20.4 Å². The summed E-state index contributed by atoms with van der Waals surface area (Å²) >= 11 is 5.79. The van der Waals surface area contributed by atoms with Crippen molar-refractivity contribution in [2.45, 2.75) is 119 Å². The third-order valence-electron chi connectivity index (χ3n) is 15.9. The van der Waals surface area contributed by atoms with E-state index in [9.17, 15) is 0 Å². The Bertz CT molecular complexity index is 3110. The molecular weight excluding hydrogens is 942 g/mol. The molecule has 3 saturated carbocycles. The second-order valence-electron chi connectivity index (χ2n) is 20.6. The van der Waals surface area contributed by atoms with Crippen LogP contribution in [0.15, 0.2) is 73.6 Å². The molecule has 0 aromatic carbocycles. The summed E-state index contributed by atoms with van der Waals surface area (Å²) in [6.45, 7) is 7.34. The molecule has 380 valence electrons. The molecule has 3 aliphatic carbocycles. The zero-order valence-electron chi connectivity index (χ0n) is 41.4. The van der Waals surface area contributed by atoms with Gasteiger partial charge in [-0.2, -0.15) is 9.97 Å². The van der Waals surface area contributed by atoms with Gasteiger partial charge >= 0.3 is 0 Å². The van der Waals surface area contributed by atoms with Crippen LogP contribution >= 0.6 is 11.6 Å². The summed E-state index contributed by atoms with van der Waals surface area (Å²) in [7, 11) is 0. The summed E-state index contributed by atoms with van der Waals surface area (Å²) in [4.78, 5) is 29.8. The third-order valence-corrected chi connectivity index (χ3v) is 16.1. The van der Waals surface area contributed by atoms with Crippen molar-refractivity contribution in [2.75, 3.05) is 68.1 Å². The zero-order valence-corrected chi connectivity index (χ0v) is 42.1. The normalized spacial score (nSPS) is 20.1. The third kappa shape index (κ3) is 10.2. The van der Waals surface area contributed by atoms with E-state index in [1.807, 2.05) is 55.4 Å². The number of nitrogens with one attached hydrogen (secondary N) is 4. The van der Waals surface area contributed by atoms with E-state index in [4.69, 9.17) is 31.0 Å². The lowest BCUT2D eigenvalue weighted by Crippen LogP contribution is -2.59. The molecule has 2 spiro atoms. The van der Waals surface area contributed by atoms with Gasteiger partial charge in [-0.05, 0) is 87.8 Å². The van der Waals surface area contributed by atoms with Gasteiger partial charge in [0.05, 0.1) is 49.9 Å². The van der Waals surface area contributed by atoms with Gasteiger partial charge in [0.25, 0.3) is 0 Å². The number of rotatable bonds is 7. The van der Waals surface area contributed by atoms with Crippen LogP contribution in [0, 0.1) is 0 Å². The Morgan fingerprint density at radius 1 is 0.548 bits per heavy atom. The van der Waals surface area contributed by atoms with Gasteiger partial charge in [0.15, 0.2) is 22.6 Å². The minimum atomic E-state index is 0.122. The number of hydrogen-bond donors (Lipinski definition) is 4. The second kappa shape index (κ2) is 21.3. The Hall–Kier alpha value is -6.25. The van der Waals surface area contributed by atoms with Gasteiger partial charge in [-0.25, -0.2) is 9.97 Å². The fraction of sp³-hybridized carbons (Fsp3) is 0.509. The molecule has 3 aliphatic heterocycles. The molecule has 73 heavy (non-hydrogen) atoms. The maximum atomic E-state index is 5.79. The maximum Gasteiger partial charge on any atom is 0.230 e. The van der Waals surface area contributed by atoms with Crippen LogP contribution in [-0.2, 0) is 9.47 Å². The van der Waals surface area contributed by atoms with Gasteiger partial charge in [-0.3, -0.25) is 9.97 Å². The van der Waals surface area contributed by atoms with Crippen LogP contribution < -0.4 is 26.2 Å². The van der Waals surface area contributed by atoms with E-state index >= 15 is 0 Å². The van der Waals surface area contributed by atoms with Gasteiger partial charge < -0.3 is 44.8 Å². The predicted octanol–water partition coefficient (Wildman–Crippen LogP) is 9.18. The van der Waals surface area contributed by atoms with Crippen LogP contribution in [0.1, 0.15) is 108 Å². The molecule has 0 bridgehead atoms. The van der Waals surface area contributed by atoms with Crippen molar-refractivity contribution in [1.82, 2.24) is 70.1 Å². The smallest absolute Gasteiger partial charge is 0.230 e. The van der Waals surface area contributed by atoms with Gasteiger partial charge in [-0.1, -0.05) is 56.5 Å². The Morgan fingerprint density at radius 2 is 1.07 bits per heavy atom. The maximum absolute atomic E-state index is 5.79. The molecule has 11 heterocycles. The fourth-order valence-electron chi connectivity index (χ4n) is 12.1. The number of piperidine rings is 1. The van der Waals surface area contributed by atoms with Crippen molar-refractivity contribution < 1.29 is 9.47 Å². The lowest BCUT2D eigenvalue weighted by molar-refractivity contribution is 0.00959. The first-order valence-corrected chi connectivity index (χ1v) is 26.9. The number of aromatic nitrogens is 12. The van der Waals surface area contributed by atoms with E-state index in [-0.39, 0.29) is 5.54 Å². The standard InChI is InChI=1S/C26H31N9O.C18H16ClN7.C9H17NO/c1-2-4-18(3-1)35-21-16-27-10-7-19(21)20-15-28-25(31-24(20)35)30-22-5-6-23(33-32-22)34-12-8-26(9-13-34)17-36-14-11-29-26;19-15-5-6-16(25-24-15)22-18-21-9-13-12-7-8-20-10-14(12)26(17(13)23-18)11-3-1-2-4-11;1-2-4-9(5-3-1)8-11-7-6-10-9/h5-7,10,15-16,18,29H,1-4,8-9,11-14,17H2,(H,28,30,31,32);5-11H,1-4H2,(H,21,22,23,25);10H,1-8H2. The molecule has 6 aliphatic rings. The van der Waals surface area contributed by atoms with E-state index in [2.05, 4.69) is 81.7 Å². The lowest BCUT2D eigenvalue weighted by atomic mass is 9.82. The summed E-state index contributed by atoms with van der Waals surface area (Å²) < 4.78 is 15.9. The first kappa shape index (κ1) is 47.7. The summed E-state index contributed by atoms with van der Waals surface area (Å²) in [6, 6.07) is 12.4. The topological polar surface area (TPSA) is 209 Å². The summed E-state index contributed by atoms with van der Waals surface area (Å²) in [6.07, 6.45) is 29.9. The van der Waals surface area contributed by atoms with Crippen molar-refractivity contribution in [3.8, 4) is 0 Å². The first-order chi connectivity index (χ1) is 36.0. The molecule has 3 saturated heterocycles. The molecule has 0 atom stereocenters. The van der Waals surface area contributed by atoms with Gasteiger partial charge in [0, 0.05) is 95.7 Å². The number of fused-ring (bicyclic) bond motifs is 6. The van der Waals surface area contributed by atoms with Crippen molar-refractivity contribution >= 4 is 84.8 Å². The molecular formula is C53H64ClN17O2. The molecule has 0 amide bonds.